The quantitative estimate of drug-likeness (QED) is 0.787. The fraction of sp³-hybridized carbons (Fsp3) is 0.833. The first kappa shape index (κ1) is 12.5. The van der Waals surface area contributed by atoms with Crippen molar-refractivity contribution in [3.63, 3.8) is 0 Å². The predicted octanol–water partition coefficient (Wildman–Crippen LogP) is 0.600. The van der Waals surface area contributed by atoms with Gasteiger partial charge in [0.05, 0.1) is 6.54 Å². The van der Waals surface area contributed by atoms with Gasteiger partial charge < -0.3 is 10.2 Å². The van der Waals surface area contributed by atoms with E-state index in [0.717, 1.165) is 25.6 Å². The highest BCUT2D eigenvalue weighted by molar-refractivity contribution is 4.73. The van der Waals surface area contributed by atoms with Gasteiger partial charge >= 0.3 is 0 Å². The number of hydrogen-bond donors (Lipinski definition) is 1. The summed E-state index contributed by atoms with van der Waals surface area (Å²) in [5.41, 5.74) is 0. The molecule has 2 heterocycles. The summed E-state index contributed by atoms with van der Waals surface area (Å²) in [6.45, 7) is 5.69. The molecule has 1 saturated heterocycles. The number of likely N-dealkylation sites (tertiary alicyclic amines) is 1. The number of hydrogen-bond acceptors (Lipinski definition) is 4. The van der Waals surface area contributed by atoms with Crippen LogP contribution in [-0.2, 0) is 6.54 Å². The summed E-state index contributed by atoms with van der Waals surface area (Å²) < 4.78 is 1.91. The highest BCUT2D eigenvalue weighted by atomic mass is 15.3. The summed E-state index contributed by atoms with van der Waals surface area (Å²) in [6, 6.07) is 0. The number of rotatable bonds is 6. The highest BCUT2D eigenvalue weighted by Gasteiger charge is 2.18. The first-order valence-electron chi connectivity index (χ1n) is 6.58. The zero-order chi connectivity index (χ0) is 11.9. The molecule has 0 atom stereocenters. The van der Waals surface area contributed by atoms with Gasteiger partial charge in [0.15, 0.2) is 0 Å². The Morgan fingerprint density at radius 1 is 1.29 bits per heavy atom. The molecule has 2 rings (SSSR count). The number of nitrogens with one attached hydrogen (secondary N) is 1. The van der Waals surface area contributed by atoms with Crippen LogP contribution in [0.15, 0.2) is 12.7 Å². The molecule has 0 spiro atoms. The van der Waals surface area contributed by atoms with Crippen LogP contribution in [0.3, 0.4) is 0 Å². The van der Waals surface area contributed by atoms with Crippen LogP contribution in [0.2, 0.25) is 0 Å². The molecule has 1 aliphatic rings. The molecule has 1 aromatic heterocycles. The monoisotopic (exact) mass is 237 g/mol. The van der Waals surface area contributed by atoms with Gasteiger partial charge in [0.2, 0.25) is 0 Å². The van der Waals surface area contributed by atoms with Gasteiger partial charge in [-0.1, -0.05) is 0 Å². The Morgan fingerprint density at radius 2 is 2.12 bits per heavy atom. The Morgan fingerprint density at radius 3 is 2.76 bits per heavy atom. The van der Waals surface area contributed by atoms with Gasteiger partial charge in [-0.25, -0.2) is 4.98 Å². The van der Waals surface area contributed by atoms with Gasteiger partial charge in [0, 0.05) is 6.54 Å². The first-order chi connectivity index (χ1) is 8.38. The van der Waals surface area contributed by atoms with Crippen LogP contribution in [0.1, 0.15) is 19.3 Å². The molecular formula is C12H23N5. The molecule has 17 heavy (non-hydrogen) atoms. The number of aromatic nitrogens is 3. The fourth-order valence-electron chi connectivity index (χ4n) is 2.44. The van der Waals surface area contributed by atoms with E-state index in [2.05, 4.69) is 20.3 Å². The largest absolute Gasteiger partial charge is 0.320 e. The van der Waals surface area contributed by atoms with Crippen LogP contribution in [0, 0.1) is 5.92 Å². The smallest absolute Gasteiger partial charge is 0.137 e. The first-order valence-corrected chi connectivity index (χ1v) is 6.58. The van der Waals surface area contributed by atoms with Crippen LogP contribution in [0.5, 0.6) is 0 Å². The van der Waals surface area contributed by atoms with E-state index >= 15 is 0 Å². The highest BCUT2D eigenvalue weighted by Crippen LogP contribution is 2.19. The van der Waals surface area contributed by atoms with Gasteiger partial charge in [-0.2, -0.15) is 5.10 Å². The molecule has 0 saturated carbocycles. The molecule has 5 nitrogen and oxygen atoms in total. The molecule has 0 aromatic carbocycles. The molecule has 1 N–H and O–H groups in total. The zero-order valence-electron chi connectivity index (χ0n) is 10.7. The van der Waals surface area contributed by atoms with Crippen molar-refractivity contribution in [2.75, 3.05) is 33.2 Å². The standard InChI is InChI=1S/C12H23N5/c1-13-5-2-12-3-6-16(7-4-12)8-9-17-11-14-10-15-17/h10-13H,2-9H2,1H3. The SMILES string of the molecule is CNCCC1CCN(CCn2cncn2)CC1. The zero-order valence-corrected chi connectivity index (χ0v) is 10.7. The topological polar surface area (TPSA) is 46.0 Å². The van der Waals surface area contributed by atoms with Crippen molar-refractivity contribution in [3.8, 4) is 0 Å². The minimum absolute atomic E-state index is 0.921. The van der Waals surface area contributed by atoms with Crippen molar-refractivity contribution in [2.24, 2.45) is 5.92 Å². The molecule has 0 radical (unpaired) electrons. The van der Waals surface area contributed by atoms with Crippen molar-refractivity contribution in [1.29, 1.82) is 0 Å². The summed E-state index contributed by atoms with van der Waals surface area (Å²) in [4.78, 5) is 6.50. The van der Waals surface area contributed by atoms with Crippen LogP contribution in [-0.4, -0.2) is 52.9 Å². The van der Waals surface area contributed by atoms with E-state index in [-0.39, 0.29) is 0 Å². The summed E-state index contributed by atoms with van der Waals surface area (Å²) in [5.74, 6) is 0.921. The molecule has 96 valence electrons. The van der Waals surface area contributed by atoms with Crippen LogP contribution < -0.4 is 5.32 Å². The Balaban J connectivity index is 1.62. The summed E-state index contributed by atoms with van der Waals surface area (Å²) >= 11 is 0. The molecular weight excluding hydrogens is 214 g/mol. The van der Waals surface area contributed by atoms with Crippen molar-refractivity contribution >= 4 is 0 Å². The molecule has 5 heteroatoms. The maximum absolute atomic E-state index is 4.13. The molecule has 0 aliphatic carbocycles. The fourth-order valence-corrected chi connectivity index (χ4v) is 2.44. The molecule has 1 aromatic rings. The second-order valence-corrected chi connectivity index (χ2v) is 4.84. The second kappa shape index (κ2) is 6.71. The van der Waals surface area contributed by atoms with Crippen LogP contribution >= 0.6 is 0 Å². The second-order valence-electron chi connectivity index (χ2n) is 4.84. The average molecular weight is 237 g/mol. The third-order valence-corrected chi connectivity index (χ3v) is 3.62. The predicted molar refractivity (Wildman–Crippen MR) is 67.7 cm³/mol. The minimum Gasteiger partial charge on any atom is -0.320 e. The number of nitrogens with zero attached hydrogens (tertiary/aromatic N) is 4. The van der Waals surface area contributed by atoms with Gasteiger partial charge in [-0.05, 0) is 51.9 Å². The molecule has 0 amide bonds. The number of piperidine rings is 1. The lowest BCUT2D eigenvalue weighted by Gasteiger charge is -2.31. The van der Waals surface area contributed by atoms with Gasteiger partial charge in [0.1, 0.15) is 12.7 Å². The van der Waals surface area contributed by atoms with Gasteiger partial charge in [-0.15, -0.1) is 0 Å². The van der Waals surface area contributed by atoms with E-state index in [4.69, 9.17) is 0 Å². The van der Waals surface area contributed by atoms with Crippen molar-refractivity contribution in [1.82, 2.24) is 25.0 Å². The third kappa shape index (κ3) is 4.09. The molecule has 1 aliphatic heterocycles. The van der Waals surface area contributed by atoms with E-state index in [0.29, 0.717) is 0 Å². The van der Waals surface area contributed by atoms with Crippen molar-refractivity contribution in [3.05, 3.63) is 12.7 Å². The van der Waals surface area contributed by atoms with Gasteiger partial charge in [0.25, 0.3) is 0 Å². The van der Waals surface area contributed by atoms with E-state index in [1.165, 1.54) is 32.4 Å². The van der Waals surface area contributed by atoms with Gasteiger partial charge in [-0.3, -0.25) is 4.68 Å². The van der Waals surface area contributed by atoms with E-state index in [1.807, 2.05) is 11.7 Å². The van der Waals surface area contributed by atoms with Crippen LogP contribution in [0.4, 0.5) is 0 Å². The normalized spacial score (nSPS) is 18.6. The lowest BCUT2D eigenvalue weighted by molar-refractivity contribution is 0.172. The lowest BCUT2D eigenvalue weighted by atomic mass is 9.93. The summed E-state index contributed by atoms with van der Waals surface area (Å²) in [7, 11) is 2.03. The third-order valence-electron chi connectivity index (χ3n) is 3.62. The maximum Gasteiger partial charge on any atom is 0.137 e. The Kier molecular flexibility index (Phi) is 4.94. The van der Waals surface area contributed by atoms with Crippen molar-refractivity contribution < 1.29 is 0 Å². The van der Waals surface area contributed by atoms with E-state index < -0.39 is 0 Å². The molecule has 0 unspecified atom stereocenters. The minimum atomic E-state index is 0.921. The summed E-state index contributed by atoms with van der Waals surface area (Å²) in [5, 5.41) is 7.36. The van der Waals surface area contributed by atoms with Crippen LogP contribution in [0.25, 0.3) is 0 Å². The molecule has 1 fully saturated rings. The maximum atomic E-state index is 4.13. The Hall–Kier alpha value is -0.940. The summed E-state index contributed by atoms with van der Waals surface area (Å²) in [6.07, 6.45) is 7.41. The lowest BCUT2D eigenvalue weighted by Crippen LogP contribution is -2.36. The van der Waals surface area contributed by atoms with E-state index in [9.17, 15) is 0 Å². The van der Waals surface area contributed by atoms with E-state index in [1.54, 1.807) is 12.7 Å². The molecule has 0 bridgehead atoms. The van der Waals surface area contributed by atoms with Crippen molar-refractivity contribution in [2.45, 2.75) is 25.8 Å². The Bertz CT molecular complexity index is 290. The average Bonchev–Trinajstić information content (AvgIpc) is 2.88. The Labute approximate surface area is 103 Å².